The van der Waals surface area contributed by atoms with Crippen molar-refractivity contribution in [2.45, 2.75) is 5.16 Å². The van der Waals surface area contributed by atoms with E-state index in [1.165, 1.54) is 11.8 Å². The van der Waals surface area contributed by atoms with Crippen LogP contribution in [0.3, 0.4) is 0 Å². The molecule has 0 bridgehead atoms. The first kappa shape index (κ1) is 11.2. The minimum atomic E-state index is -0.376. The van der Waals surface area contributed by atoms with E-state index in [2.05, 4.69) is 15.3 Å². The normalized spacial score (nSPS) is 17.9. The van der Waals surface area contributed by atoms with Crippen molar-refractivity contribution >= 4 is 40.7 Å². The summed E-state index contributed by atoms with van der Waals surface area (Å²) in [6.45, 7) is 0. The van der Waals surface area contributed by atoms with E-state index >= 15 is 0 Å². The molecule has 1 aromatic heterocycles. The van der Waals surface area contributed by atoms with Crippen LogP contribution in [0.1, 0.15) is 5.69 Å². The maximum absolute atomic E-state index is 11.3. The van der Waals surface area contributed by atoms with Crippen LogP contribution < -0.4 is 5.32 Å². The third kappa shape index (κ3) is 2.42. The molecular formula is C9H7N3O2S2. The highest BCUT2D eigenvalue weighted by molar-refractivity contribution is 8.18. The van der Waals surface area contributed by atoms with Crippen molar-refractivity contribution in [2.24, 2.45) is 0 Å². The molecule has 1 N–H and O–H groups in total. The van der Waals surface area contributed by atoms with Gasteiger partial charge in [0.15, 0.2) is 5.16 Å². The van der Waals surface area contributed by atoms with Gasteiger partial charge in [0.2, 0.25) is 0 Å². The zero-order valence-corrected chi connectivity index (χ0v) is 9.89. The molecule has 1 aromatic rings. The highest BCUT2D eigenvalue weighted by Gasteiger charge is 2.25. The van der Waals surface area contributed by atoms with Gasteiger partial charge in [0.1, 0.15) is 0 Å². The van der Waals surface area contributed by atoms with Gasteiger partial charge in [-0.25, -0.2) is 9.97 Å². The third-order valence-electron chi connectivity index (χ3n) is 1.76. The van der Waals surface area contributed by atoms with Crippen molar-refractivity contribution in [3.8, 4) is 0 Å². The number of amides is 2. The molecule has 1 fully saturated rings. The standard InChI is InChI=1S/C9H7N3O2S2/c1-15-8-10-3-2-5(11-8)4-6-7(13)12-9(14)16-6/h2-4H,1H3,(H,12,13,14)/b6-4+. The highest BCUT2D eigenvalue weighted by Crippen LogP contribution is 2.25. The lowest BCUT2D eigenvalue weighted by Crippen LogP contribution is -2.17. The van der Waals surface area contributed by atoms with Crippen LogP contribution in [0.5, 0.6) is 0 Å². The maximum Gasteiger partial charge on any atom is 0.290 e. The molecule has 1 saturated heterocycles. The summed E-state index contributed by atoms with van der Waals surface area (Å²) >= 11 is 2.29. The van der Waals surface area contributed by atoms with Crippen LogP contribution in [0.4, 0.5) is 4.79 Å². The zero-order chi connectivity index (χ0) is 11.5. The Bertz CT molecular complexity index is 487. The number of rotatable bonds is 2. The van der Waals surface area contributed by atoms with E-state index < -0.39 is 0 Å². The fourth-order valence-electron chi connectivity index (χ4n) is 1.09. The molecule has 1 aliphatic rings. The summed E-state index contributed by atoms with van der Waals surface area (Å²) in [5, 5.41) is 2.46. The van der Waals surface area contributed by atoms with Gasteiger partial charge >= 0.3 is 0 Å². The van der Waals surface area contributed by atoms with Crippen LogP contribution in [-0.2, 0) is 4.79 Å². The predicted octanol–water partition coefficient (Wildman–Crippen LogP) is 1.52. The van der Waals surface area contributed by atoms with Crippen molar-refractivity contribution in [3.05, 3.63) is 22.9 Å². The molecule has 0 radical (unpaired) electrons. The first-order valence-electron chi connectivity index (χ1n) is 4.31. The van der Waals surface area contributed by atoms with E-state index in [9.17, 15) is 9.59 Å². The average Bonchev–Trinajstić information content (AvgIpc) is 2.58. The molecule has 5 nitrogen and oxygen atoms in total. The molecule has 0 aromatic carbocycles. The third-order valence-corrected chi connectivity index (χ3v) is 3.13. The summed E-state index contributed by atoms with van der Waals surface area (Å²) in [7, 11) is 0. The summed E-state index contributed by atoms with van der Waals surface area (Å²) in [6.07, 6.45) is 5.06. The van der Waals surface area contributed by atoms with Gasteiger partial charge in [0.25, 0.3) is 11.1 Å². The molecule has 1 aliphatic heterocycles. The number of thioether (sulfide) groups is 2. The van der Waals surface area contributed by atoms with Gasteiger partial charge in [-0.3, -0.25) is 14.9 Å². The van der Waals surface area contributed by atoms with E-state index in [0.29, 0.717) is 15.8 Å². The van der Waals surface area contributed by atoms with Gasteiger partial charge in [-0.2, -0.15) is 0 Å². The molecule has 2 rings (SSSR count). The van der Waals surface area contributed by atoms with E-state index in [1.807, 2.05) is 6.26 Å². The first-order valence-corrected chi connectivity index (χ1v) is 6.35. The van der Waals surface area contributed by atoms with E-state index in [1.54, 1.807) is 18.3 Å². The van der Waals surface area contributed by atoms with Gasteiger partial charge in [-0.05, 0) is 30.2 Å². The Morgan fingerprint density at radius 3 is 2.94 bits per heavy atom. The number of hydrogen-bond donors (Lipinski definition) is 1. The topological polar surface area (TPSA) is 72.0 Å². The highest BCUT2D eigenvalue weighted by atomic mass is 32.2. The Labute approximate surface area is 100 Å². The van der Waals surface area contributed by atoms with Crippen LogP contribution in [0, 0.1) is 0 Å². The molecule has 0 aliphatic carbocycles. The van der Waals surface area contributed by atoms with Gasteiger partial charge < -0.3 is 0 Å². The lowest BCUT2D eigenvalue weighted by atomic mass is 10.3. The van der Waals surface area contributed by atoms with E-state index in [4.69, 9.17) is 0 Å². The average molecular weight is 253 g/mol. The molecule has 0 atom stereocenters. The van der Waals surface area contributed by atoms with Crippen molar-refractivity contribution < 1.29 is 9.59 Å². The SMILES string of the molecule is CSc1nccc(/C=C2/SC(=O)NC2=O)n1. The van der Waals surface area contributed by atoms with Crippen LogP contribution in [0.25, 0.3) is 6.08 Å². The molecule has 0 spiro atoms. The first-order chi connectivity index (χ1) is 7.69. The fourth-order valence-corrected chi connectivity index (χ4v) is 2.12. The van der Waals surface area contributed by atoms with E-state index in [-0.39, 0.29) is 11.1 Å². The molecule has 0 unspecified atom stereocenters. The van der Waals surface area contributed by atoms with Crippen LogP contribution in [0.15, 0.2) is 22.3 Å². The molecule has 16 heavy (non-hydrogen) atoms. The molecule has 82 valence electrons. The second-order valence-corrected chi connectivity index (χ2v) is 4.61. The number of carbonyl (C=O) groups is 2. The number of nitrogens with one attached hydrogen (secondary N) is 1. The van der Waals surface area contributed by atoms with Gasteiger partial charge in [-0.1, -0.05) is 11.8 Å². The van der Waals surface area contributed by atoms with Gasteiger partial charge in [0, 0.05) is 6.20 Å². The fraction of sp³-hybridized carbons (Fsp3) is 0.111. The smallest absolute Gasteiger partial charge is 0.282 e. The lowest BCUT2D eigenvalue weighted by Gasteiger charge is -1.96. The minimum Gasteiger partial charge on any atom is -0.282 e. The Morgan fingerprint density at radius 1 is 1.50 bits per heavy atom. The molecule has 2 amide bonds. The summed E-state index contributed by atoms with van der Waals surface area (Å²) in [4.78, 5) is 30.8. The van der Waals surface area contributed by atoms with Gasteiger partial charge in [0.05, 0.1) is 10.6 Å². The predicted molar refractivity (Wildman–Crippen MR) is 62.9 cm³/mol. The summed E-state index contributed by atoms with van der Waals surface area (Å²) in [5.74, 6) is -0.376. The van der Waals surface area contributed by atoms with Crippen molar-refractivity contribution in [2.75, 3.05) is 6.26 Å². The number of carbonyl (C=O) groups excluding carboxylic acids is 2. The zero-order valence-electron chi connectivity index (χ0n) is 8.26. The molecule has 0 saturated carbocycles. The Balaban J connectivity index is 2.28. The second kappa shape index (κ2) is 4.67. The maximum atomic E-state index is 11.3. The van der Waals surface area contributed by atoms with Crippen LogP contribution in [-0.4, -0.2) is 27.4 Å². The second-order valence-electron chi connectivity index (χ2n) is 2.82. The van der Waals surface area contributed by atoms with Crippen LogP contribution >= 0.6 is 23.5 Å². The van der Waals surface area contributed by atoms with Crippen molar-refractivity contribution in [1.29, 1.82) is 0 Å². The quantitative estimate of drug-likeness (QED) is 0.489. The molecule has 7 heteroatoms. The lowest BCUT2D eigenvalue weighted by molar-refractivity contribution is -0.115. The number of imide groups is 1. The minimum absolute atomic E-state index is 0.351. The molecular weight excluding hydrogens is 246 g/mol. The Kier molecular flexibility index (Phi) is 3.25. The van der Waals surface area contributed by atoms with Crippen LogP contribution in [0.2, 0.25) is 0 Å². The number of hydrogen-bond acceptors (Lipinski definition) is 6. The van der Waals surface area contributed by atoms with E-state index in [0.717, 1.165) is 11.8 Å². The number of aromatic nitrogens is 2. The van der Waals surface area contributed by atoms with Crippen molar-refractivity contribution in [3.63, 3.8) is 0 Å². The number of nitrogens with zero attached hydrogens (tertiary/aromatic N) is 2. The Morgan fingerprint density at radius 2 is 2.31 bits per heavy atom. The molecule has 2 heterocycles. The largest absolute Gasteiger partial charge is 0.290 e. The monoisotopic (exact) mass is 253 g/mol. The summed E-state index contributed by atoms with van der Waals surface area (Å²) < 4.78 is 0. The van der Waals surface area contributed by atoms with Gasteiger partial charge in [-0.15, -0.1) is 0 Å². The Hall–Kier alpha value is -1.34. The summed E-state index contributed by atoms with van der Waals surface area (Å²) in [6, 6.07) is 1.68. The summed E-state index contributed by atoms with van der Waals surface area (Å²) in [5.41, 5.74) is 0.617. The van der Waals surface area contributed by atoms with Crippen molar-refractivity contribution in [1.82, 2.24) is 15.3 Å².